The van der Waals surface area contributed by atoms with Gasteiger partial charge in [0.25, 0.3) is 0 Å². The smallest absolute Gasteiger partial charge is 0.0534 e. The Hall–Kier alpha value is -0.900. The maximum Gasteiger partial charge on any atom is 0.0534 e. The Labute approximate surface area is 122 Å². The van der Waals surface area contributed by atoms with Gasteiger partial charge in [-0.15, -0.1) is 0 Å². The SMILES string of the molecule is CC1(c2ccccc2)CN(CC2CCOC2)CCCN1. The molecule has 0 aliphatic carbocycles. The minimum absolute atomic E-state index is 0.0667. The van der Waals surface area contributed by atoms with E-state index < -0.39 is 0 Å². The first-order valence-electron chi connectivity index (χ1n) is 7.87. The normalized spacial score (nSPS) is 32.1. The molecular weight excluding hydrogens is 248 g/mol. The van der Waals surface area contributed by atoms with Gasteiger partial charge >= 0.3 is 0 Å². The van der Waals surface area contributed by atoms with Gasteiger partial charge in [-0.05, 0) is 44.3 Å². The lowest BCUT2D eigenvalue weighted by Crippen LogP contribution is -2.47. The van der Waals surface area contributed by atoms with Crippen molar-refractivity contribution in [2.24, 2.45) is 5.92 Å². The number of hydrogen-bond donors (Lipinski definition) is 1. The van der Waals surface area contributed by atoms with Crippen molar-refractivity contribution in [2.75, 3.05) is 39.4 Å². The molecule has 1 N–H and O–H groups in total. The summed E-state index contributed by atoms with van der Waals surface area (Å²) in [5.41, 5.74) is 1.46. The van der Waals surface area contributed by atoms with Crippen LogP contribution in [0, 0.1) is 5.92 Å². The predicted molar refractivity (Wildman–Crippen MR) is 81.8 cm³/mol. The standard InChI is InChI=1S/C17H26N2O/c1-17(16-6-3-2-4-7-16)14-19(10-5-9-18-17)12-15-8-11-20-13-15/h2-4,6-7,15,18H,5,8-14H2,1H3. The van der Waals surface area contributed by atoms with Gasteiger partial charge in [-0.3, -0.25) is 0 Å². The summed E-state index contributed by atoms with van der Waals surface area (Å²) in [5, 5.41) is 3.76. The van der Waals surface area contributed by atoms with E-state index in [-0.39, 0.29) is 5.54 Å². The first-order chi connectivity index (χ1) is 9.76. The van der Waals surface area contributed by atoms with Crippen LogP contribution in [0.1, 0.15) is 25.3 Å². The third kappa shape index (κ3) is 3.22. The molecule has 3 nitrogen and oxygen atoms in total. The first-order valence-corrected chi connectivity index (χ1v) is 7.87. The van der Waals surface area contributed by atoms with Gasteiger partial charge < -0.3 is 15.0 Å². The van der Waals surface area contributed by atoms with Crippen LogP contribution in [0.2, 0.25) is 0 Å². The molecule has 0 amide bonds. The van der Waals surface area contributed by atoms with Crippen molar-refractivity contribution < 1.29 is 4.74 Å². The molecule has 0 saturated carbocycles. The van der Waals surface area contributed by atoms with E-state index >= 15 is 0 Å². The van der Waals surface area contributed by atoms with Crippen molar-refractivity contribution in [1.82, 2.24) is 10.2 Å². The highest BCUT2D eigenvalue weighted by Gasteiger charge is 2.31. The molecule has 0 bridgehead atoms. The van der Waals surface area contributed by atoms with Gasteiger partial charge in [-0.1, -0.05) is 30.3 Å². The van der Waals surface area contributed by atoms with Gasteiger partial charge in [0.2, 0.25) is 0 Å². The van der Waals surface area contributed by atoms with Crippen LogP contribution in [0.25, 0.3) is 0 Å². The minimum atomic E-state index is 0.0667. The average molecular weight is 274 g/mol. The van der Waals surface area contributed by atoms with Crippen molar-refractivity contribution in [3.63, 3.8) is 0 Å². The number of rotatable bonds is 3. The molecule has 0 spiro atoms. The summed E-state index contributed by atoms with van der Waals surface area (Å²) in [4.78, 5) is 2.63. The molecule has 1 aromatic carbocycles. The zero-order valence-corrected chi connectivity index (χ0v) is 12.5. The van der Waals surface area contributed by atoms with Crippen LogP contribution in [0.15, 0.2) is 30.3 Å². The third-order valence-electron chi connectivity index (χ3n) is 4.66. The van der Waals surface area contributed by atoms with Crippen LogP contribution in [0.3, 0.4) is 0 Å². The van der Waals surface area contributed by atoms with Gasteiger partial charge in [-0.2, -0.15) is 0 Å². The number of nitrogens with zero attached hydrogens (tertiary/aromatic N) is 1. The van der Waals surface area contributed by atoms with E-state index in [9.17, 15) is 0 Å². The largest absolute Gasteiger partial charge is 0.381 e. The second-order valence-corrected chi connectivity index (χ2v) is 6.44. The van der Waals surface area contributed by atoms with Crippen LogP contribution in [-0.2, 0) is 10.3 Å². The van der Waals surface area contributed by atoms with Gasteiger partial charge in [0.1, 0.15) is 0 Å². The van der Waals surface area contributed by atoms with Crippen molar-refractivity contribution in [1.29, 1.82) is 0 Å². The lowest BCUT2D eigenvalue weighted by molar-refractivity contribution is 0.156. The van der Waals surface area contributed by atoms with E-state index in [2.05, 4.69) is 47.5 Å². The fourth-order valence-electron chi connectivity index (χ4n) is 3.50. The van der Waals surface area contributed by atoms with E-state index in [0.717, 1.165) is 32.2 Å². The number of hydrogen-bond acceptors (Lipinski definition) is 3. The zero-order chi connectivity index (χ0) is 13.8. The van der Waals surface area contributed by atoms with Crippen molar-refractivity contribution >= 4 is 0 Å². The Kier molecular flexibility index (Phi) is 4.39. The second-order valence-electron chi connectivity index (χ2n) is 6.44. The lowest BCUT2D eigenvalue weighted by atomic mass is 9.91. The van der Waals surface area contributed by atoms with E-state index in [1.54, 1.807) is 0 Å². The Morgan fingerprint density at radius 2 is 2.20 bits per heavy atom. The molecule has 3 heteroatoms. The van der Waals surface area contributed by atoms with Gasteiger partial charge in [-0.25, -0.2) is 0 Å². The highest BCUT2D eigenvalue weighted by atomic mass is 16.5. The Balaban J connectivity index is 1.71. The number of nitrogens with one attached hydrogen (secondary N) is 1. The van der Waals surface area contributed by atoms with Gasteiger partial charge in [0.05, 0.1) is 12.1 Å². The molecule has 2 atom stereocenters. The molecule has 2 saturated heterocycles. The average Bonchev–Trinajstić information content (AvgIpc) is 2.90. The number of benzene rings is 1. The molecule has 2 aliphatic heterocycles. The minimum Gasteiger partial charge on any atom is -0.381 e. The molecule has 1 aromatic rings. The molecule has 2 heterocycles. The maximum absolute atomic E-state index is 5.52. The topological polar surface area (TPSA) is 24.5 Å². The van der Waals surface area contributed by atoms with E-state index in [1.165, 1.54) is 31.5 Å². The molecule has 110 valence electrons. The van der Waals surface area contributed by atoms with Gasteiger partial charge in [0, 0.05) is 19.7 Å². The fraction of sp³-hybridized carbons (Fsp3) is 0.647. The van der Waals surface area contributed by atoms with Crippen LogP contribution in [0.4, 0.5) is 0 Å². The van der Waals surface area contributed by atoms with Crippen LogP contribution < -0.4 is 5.32 Å². The summed E-state index contributed by atoms with van der Waals surface area (Å²) in [6.07, 6.45) is 2.46. The summed E-state index contributed by atoms with van der Waals surface area (Å²) in [5.74, 6) is 0.730. The zero-order valence-electron chi connectivity index (χ0n) is 12.5. The molecule has 0 radical (unpaired) electrons. The molecule has 0 aromatic heterocycles. The first kappa shape index (κ1) is 14.1. The molecular formula is C17H26N2O. The summed E-state index contributed by atoms with van der Waals surface area (Å²) in [7, 11) is 0. The maximum atomic E-state index is 5.52. The lowest BCUT2D eigenvalue weighted by Gasteiger charge is -2.35. The molecule has 2 fully saturated rings. The molecule has 3 rings (SSSR count). The van der Waals surface area contributed by atoms with Crippen molar-refractivity contribution in [3.05, 3.63) is 35.9 Å². The Morgan fingerprint density at radius 1 is 1.35 bits per heavy atom. The Bertz CT molecular complexity index is 416. The molecule has 2 unspecified atom stereocenters. The van der Waals surface area contributed by atoms with Crippen molar-refractivity contribution in [3.8, 4) is 0 Å². The summed E-state index contributed by atoms with van der Waals surface area (Å²) in [6, 6.07) is 10.9. The predicted octanol–water partition coefficient (Wildman–Crippen LogP) is 2.23. The monoisotopic (exact) mass is 274 g/mol. The van der Waals surface area contributed by atoms with Crippen LogP contribution in [-0.4, -0.2) is 44.3 Å². The highest BCUT2D eigenvalue weighted by molar-refractivity contribution is 5.24. The summed E-state index contributed by atoms with van der Waals surface area (Å²) >= 11 is 0. The van der Waals surface area contributed by atoms with Crippen molar-refractivity contribution in [2.45, 2.75) is 25.3 Å². The summed E-state index contributed by atoms with van der Waals surface area (Å²) < 4.78 is 5.52. The van der Waals surface area contributed by atoms with Crippen LogP contribution in [0.5, 0.6) is 0 Å². The quantitative estimate of drug-likeness (QED) is 0.915. The van der Waals surface area contributed by atoms with E-state index in [4.69, 9.17) is 4.74 Å². The van der Waals surface area contributed by atoms with Crippen LogP contribution >= 0.6 is 0 Å². The highest BCUT2D eigenvalue weighted by Crippen LogP contribution is 2.25. The number of ether oxygens (including phenoxy) is 1. The summed E-state index contributed by atoms with van der Waals surface area (Å²) in [6.45, 7) is 8.82. The molecule has 2 aliphatic rings. The van der Waals surface area contributed by atoms with Gasteiger partial charge in [0.15, 0.2) is 0 Å². The third-order valence-corrected chi connectivity index (χ3v) is 4.66. The fourth-order valence-corrected chi connectivity index (χ4v) is 3.50. The molecule has 20 heavy (non-hydrogen) atoms. The Morgan fingerprint density at radius 3 is 2.95 bits per heavy atom. The van der Waals surface area contributed by atoms with E-state index in [0.29, 0.717) is 0 Å². The second kappa shape index (κ2) is 6.25. The van der Waals surface area contributed by atoms with E-state index in [1.807, 2.05) is 0 Å².